The predicted octanol–water partition coefficient (Wildman–Crippen LogP) is 5.03. The van der Waals surface area contributed by atoms with E-state index in [2.05, 4.69) is 79.5 Å². The maximum Gasteiger partial charge on any atom is 0.0702 e. The van der Waals surface area contributed by atoms with Crippen LogP contribution in [0.4, 0.5) is 0 Å². The van der Waals surface area contributed by atoms with Gasteiger partial charge in [-0.2, -0.15) is 0 Å². The third kappa shape index (κ3) is 2.62. The Bertz CT molecular complexity index is 727. The largest absolute Gasteiger partial charge is 0.256 e. The summed E-state index contributed by atoms with van der Waals surface area (Å²) in [4.78, 5) is 4.50. The van der Waals surface area contributed by atoms with Gasteiger partial charge < -0.3 is 0 Å². The number of hydrogen-bond acceptors (Lipinski definition) is 1. The summed E-state index contributed by atoms with van der Waals surface area (Å²) in [6, 6.07) is 21.3. The van der Waals surface area contributed by atoms with E-state index >= 15 is 0 Å². The van der Waals surface area contributed by atoms with Crippen LogP contribution < -0.4 is 0 Å². The monoisotopic (exact) mass is 259 g/mol. The Morgan fingerprint density at radius 2 is 1.35 bits per heavy atom. The van der Waals surface area contributed by atoms with Crippen LogP contribution in [0.5, 0.6) is 0 Å². The molecule has 0 fully saturated rings. The van der Waals surface area contributed by atoms with Gasteiger partial charge in [-0.15, -0.1) is 0 Å². The molecule has 1 aromatic heterocycles. The molecule has 20 heavy (non-hydrogen) atoms. The Morgan fingerprint density at radius 1 is 0.650 bits per heavy atom. The first-order valence-electron chi connectivity index (χ1n) is 6.82. The minimum atomic E-state index is 1.02. The molecule has 0 saturated heterocycles. The van der Waals surface area contributed by atoms with E-state index in [0.29, 0.717) is 0 Å². The first-order valence-corrected chi connectivity index (χ1v) is 6.82. The normalized spacial score (nSPS) is 10.5. The molecule has 0 aliphatic carbocycles. The molecule has 0 amide bonds. The van der Waals surface area contributed by atoms with Crippen LogP contribution in [0, 0.1) is 13.8 Å². The van der Waals surface area contributed by atoms with Gasteiger partial charge in [0.2, 0.25) is 0 Å². The van der Waals surface area contributed by atoms with Crippen molar-refractivity contribution >= 4 is 0 Å². The van der Waals surface area contributed by atoms with Gasteiger partial charge in [0.05, 0.1) is 5.69 Å². The van der Waals surface area contributed by atoms with Crippen LogP contribution in [-0.4, -0.2) is 4.98 Å². The van der Waals surface area contributed by atoms with Gasteiger partial charge in [0.15, 0.2) is 0 Å². The summed E-state index contributed by atoms with van der Waals surface area (Å²) < 4.78 is 0. The summed E-state index contributed by atoms with van der Waals surface area (Å²) in [6.45, 7) is 4.18. The average Bonchev–Trinajstić information content (AvgIpc) is 2.48. The number of nitrogens with zero attached hydrogens (tertiary/aromatic N) is 1. The zero-order valence-corrected chi connectivity index (χ0v) is 11.8. The lowest BCUT2D eigenvalue weighted by molar-refractivity contribution is 1.27. The summed E-state index contributed by atoms with van der Waals surface area (Å²) in [7, 11) is 0. The molecule has 0 radical (unpaired) electrons. The van der Waals surface area contributed by atoms with Crippen LogP contribution in [0.2, 0.25) is 0 Å². The number of aryl methyl sites for hydroxylation is 2. The molecular formula is C19H17N. The van der Waals surface area contributed by atoms with E-state index < -0.39 is 0 Å². The maximum absolute atomic E-state index is 4.50. The molecule has 0 atom stereocenters. The van der Waals surface area contributed by atoms with E-state index in [0.717, 1.165) is 11.3 Å². The van der Waals surface area contributed by atoms with Gasteiger partial charge in [-0.1, -0.05) is 54.1 Å². The molecule has 3 aromatic rings. The van der Waals surface area contributed by atoms with Gasteiger partial charge in [0.1, 0.15) is 0 Å². The second-order valence-electron chi connectivity index (χ2n) is 5.17. The number of benzene rings is 2. The second-order valence-corrected chi connectivity index (χ2v) is 5.17. The van der Waals surface area contributed by atoms with Crippen molar-refractivity contribution in [2.24, 2.45) is 0 Å². The Labute approximate surface area is 119 Å². The minimum absolute atomic E-state index is 1.02. The van der Waals surface area contributed by atoms with Crippen molar-refractivity contribution in [3.8, 4) is 22.4 Å². The fourth-order valence-electron chi connectivity index (χ4n) is 2.32. The molecule has 0 saturated carbocycles. The third-order valence-corrected chi connectivity index (χ3v) is 3.42. The quantitative estimate of drug-likeness (QED) is 0.628. The fraction of sp³-hybridized carbons (Fsp3) is 0.105. The van der Waals surface area contributed by atoms with Crippen molar-refractivity contribution in [2.75, 3.05) is 0 Å². The molecule has 0 N–H and O–H groups in total. The highest BCUT2D eigenvalue weighted by Crippen LogP contribution is 2.25. The predicted molar refractivity (Wildman–Crippen MR) is 84.6 cm³/mol. The molecule has 1 nitrogen and oxygen atoms in total. The molecule has 0 aliphatic rings. The van der Waals surface area contributed by atoms with Crippen molar-refractivity contribution in [3.63, 3.8) is 0 Å². The summed E-state index contributed by atoms with van der Waals surface area (Å²) in [5.41, 5.74) is 7.12. The summed E-state index contributed by atoms with van der Waals surface area (Å²) >= 11 is 0. The van der Waals surface area contributed by atoms with E-state index in [9.17, 15) is 0 Å². The Hall–Kier alpha value is -2.41. The van der Waals surface area contributed by atoms with Crippen LogP contribution in [0.1, 0.15) is 11.1 Å². The van der Waals surface area contributed by atoms with E-state index in [4.69, 9.17) is 0 Å². The zero-order valence-electron chi connectivity index (χ0n) is 11.8. The number of rotatable bonds is 2. The highest BCUT2D eigenvalue weighted by Gasteiger charge is 2.02. The lowest BCUT2D eigenvalue weighted by Gasteiger charge is -2.06. The number of aromatic nitrogens is 1. The highest BCUT2D eigenvalue weighted by molar-refractivity contribution is 5.71. The van der Waals surface area contributed by atoms with Gasteiger partial charge in [-0.25, -0.2) is 0 Å². The summed E-state index contributed by atoms with van der Waals surface area (Å²) in [5, 5.41) is 0. The van der Waals surface area contributed by atoms with Gasteiger partial charge in [0, 0.05) is 11.8 Å². The second kappa shape index (κ2) is 5.30. The first kappa shape index (κ1) is 12.6. The van der Waals surface area contributed by atoms with E-state index in [1.807, 2.05) is 6.20 Å². The molecule has 0 spiro atoms. The van der Waals surface area contributed by atoms with Crippen molar-refractivity contribution in [1.82, 2.24) is 4.98 Å². The third-order valence-electron chi connectivity index (χ3n) is 3.42. The highest BCUT2D eigenvalue weighted by atomic mass is 14.7. The van der Waals surface area contributed by atoms with E-state index in [1.54, 1.807) is 0 Å². The van der Waals surface area contributed by atoms with Crippen molar-refractivity contribution in [1.29, 1.82) is 0 Å². The molecule has 1 heterocycles. The van der Waals surface area contributed by atoms with Crippen molar-refractivity contribution < 1.29 is 0 Å². The molecule has 3 rings (SSSR count). The number of hydrogen-bond donors (Lipinski definition) is 0. The van der Waals surface area contributed by atoms with Crippen LogP contribution in [0.15, 0.2) is 66.9 Å². The Morgan fingerprint density at radius 3 is 2.05 bits per heavy atom. The molecular weight excluding hydrogens is 242 g/mol. The number of pyridine rings is 1. The maximum atomic E-state index is 4.50. The lowest BCUT2D eigenvalue weighted by Crippen LogP contribution is -1.85. The first-order chi connectivity index (χ1) is 9.72. The Kier molecular flexibility index (Phi) is 3.34. The van der Waals surface area contributed by atoms with Crippen molar-refractivity contribution in [3.05, 3.63) is 78.0 Å². The van der Waals surface area contributed by atoms with Gasteiger partial charge in [0.25, 0.3) is 0 Å². The van der Waals surface area contributed by atoms with Crippen LogP contribution in [0.3, 0.4) is 0 Å². The van der Waals surface area contributed by atoms with Crippen LogP contribution in [0.25, 0.3) is 22.4 Å². The summed E-state index contributed by atoms with van der Waals surface area (Å²) in [5.74, 6) is 0. The smallest absolute Gasteiger partial charge is 0.0702 e. The van der Waals surface area contributed by atoms with Gasteiger partial charge in [-0.3, -0.25) is 4.98 Å². The molecule has 0 bridgehead atoms. The topological polar surface area (TPSA) is 12.9 Å². The fourth-order valence-corrected chi connectivity index (χ4v) is 2.32. The van der Waals surface area contributed by atoms with E-state index in [1.165, 1.54) is 22.3 Å². The van der Waals surface area contributed by atoms with E-state index in [-0.39, 0.29) is 0 Å². The molecule has 98 valence electrons. The molecule has 0 aliphatic heterocycles. The SMILES string of the molecule is Cc1ccc(-c2cccc(-c3cccc(C)c3)c2)nc1. The molecule has 1 heteroatoms. The van der Waals surface area contributed by atoms with Crippen LogP contribution >= 0.6 is 0 Å². The summed E-state index contributed by atoms with van der Waals surface area (Å²) in [6.07, 6.45) is 1.91. The van der Waals surface area contributed by atoms with Crippen molar-refractivity contribution in [2.45, 2.75) is 13.8 Å². The minimum Gasteiger partial charge on any atom is -0.256 e. The zero-order chi connectivity index (χ0) is 13.9. The molecule has 2 aromatic carbocycles. The van der Waals surface area contributed by atoms with Crippen LogP contribution in [-0.2, 0) is 0 Å². The standard InChI is InChI=1S/C19H17N/c1-14-5-3-6-16(11-14)17-7-4-8-18(12-17)19-10-9-15(2)13-20-19/h3-13H,1-2H3. The Balaban J connectivity index is 2.03. The molecule has 0 unspecified atom stereocenters. The van der Waals surface area contributed by atoms with Gasteiger partial charge >= 0.3 is 0 Å². The lowest BCUT2D eigenvalue weighted by atomic mass is 10.00. The van der Waals surface area contributed by atoms with Gasteiger partial charge in [-0.05, 0) is 42.7 Å². The average molecular weight is 259 g/mol.